The Labute approximate surface area is 132 Å². The second-order valence-electron chi connectivity index (χ2n) is 4.55. The SMILES string of the molecule is COc1ccc(C(C)=O)cc1CC(=O)Nc1ccc(Cl)nn1. The summed E-state index contributed by atoms with van der Waals surface area (Å²) in [6, 6.07) is 8.06. The van der Waals surface area contributed by atoms with Crippen molar-refractivity contribution in [2.45, 2.75) is 13.3 Å². The van der Waals surface area contributed by atoms with Crippen molar-refractivity contribution in [3.05, 3.63) is 46.6 Å². The number of anilines is 1. The zero-order chi connectivity index (χ0) is 16.1. The number of methoxy groups -OCH3 is 1. The number of carbonyl (C=O) groups is 2. The molecule has 2 aromatic rings. The van der Waals surface area contributed by atoms with Crippen LogP contribution >= 0.6 is 11.6 Å². The molecule has 0 aliphatic heterocycles. The lowest BCUT2D eigenvalue weighted by Gasteiger charge is -2.10. The van der Waals surface area contributed by atoms with E-state index < -0.39 is 0 Å². The number of hydrogen-bond donors (Lipinski definition) is 1. The molecule has 1 aromatic heterocycles. The standard InChI is InChI=1S/C15H14ClN3O3/c1-9(20)10-3-4-12(22-2)11(7-10)8-15(21)17-14-6-5-13(16)18-19-14/h3-7H,8H2,1-2H3,(H,17,19,21). The maximum absolute atomic E-state index is 12.1. The summed E-state index contributed by atoms with van der Waals surface area (Å²) in [6.45, 7) is 1.47. The van der Waals surface area contributed by atoms with E-state index in [1.54, 1.807) is 24.3 Å². The first kappa shape index (κ1) is 15.9. The van der Waals surface area contributed by atoms with Gasteiger partial charge in [-0.3, -0.25) is 9.59 Å². The van der Waals surface area contributed by atoms with Gasteiger partial charge in [0.05, 0.1) is 13.5 Å². The number of ether oxygens (including phenoxy) is 1. The van der Waals surface area contributed by atoms with Gasteiger partial charge in [-0.05, 0) is 37.3 Å². The van der Waals surface area contributed by atoms with Gasteiger partial charge >= 0.3 is 0 Å². The molecular formula is C15H14ClN3O3. The lowest BCUT2D eigenvalue weighted by atomic mass is 10.0. The van der Waals surface area contributed by atoms with E-state index in [1.807, 2.05) is 0 Å². The first-order chi connectivity index (χ1) is 10.5. The van der Waals surface area contributed by atoms with Gasteiger partial charge in [0.15, 0.2) is 16.8 Å². The maximum Gasteiger partial charge on any atom is 0.230 e. The van der Waals surface area contributed by atoms with E-state index in [-0.39, 0.29) is 23.3 Å². The fraction of sp³-hybridized carbons (Fsp3) is 0.200. The quantitative estimate of drug-likeness (QED) is 0.856. The van der Waals surface area contributed by atoms with E-state index in [0.717, 1.165) is 0 Å². The van der Waals surface area contributed by atoms with Gasteiger partial charge in [0.25, 0.3) is 0 Å². The van der Waals surface area contributed by atoms with E-state index in [0.29, 0.717) is 22.7 Å². The number of nitrogens with one attached hydrogen (secondary N) is 1. The number of carbonyl (C=O) groups excluding carboxylic acids is 2. The molecule has 0 atom stereocenters. The summed E-state index contributed by atoms with van der Waals surface area (Å²) in [6.07, 6.45) is 0.0502. The Kier molecular flexibility index (Phi) is 5.06. The van der Waals surface area contributed by atoms with Crippen LogP contribution in [0.1, 0.15) is 22.8 Å². The van der Waals surface area contributed by atoms with Gasteiger partial charge < -0.3 is 10.1 Å². The van der Waals surface area contributed by atoms with Gasteiger partial charge in [-0.15, -0.1) is 10.2 Å². The van der Waals surface area contributed by atoms with Crippen molar-refractivity contribution in [2.24, 2.45) is 0 Å². The van der Waals surface area contributed by atoms with Gasteiger partial charge in [-0.2, -0.15) is 0 Å². The highest BCUT2D eigenvalue weighted by Crippen LogP contribution is 2.21. The third kappa shape index (κ3) is 4.02. The summed E-state index contributed by atoms with van der Waals surface area (Å²) in [4.78, 5) is 23.5. The summed E-state index contributed by atoms with van der Waals surface area (Å²) in [5.74, 6) is 0.474. The molecule has 1 heterocycles. The molecule has 0 unspecified atom stereocenters. The highest BCUT2D eigenvalue weighted by Gasteiger charge is 2.12. The van der Waals surface area contributed by atoms with E-state index in [9.17, 15) is 9.59 Å². The molecule has 0 spiro atoms. The van der Waals surface area contributed by atoms with Crippen LogP contribution < -0.4 is 10.1 Å². The number of benzene rings is 1. The third-order valence-electron chi connectivity index (χ3n) is 2.94. The Morgan fingerprint density at radius 1 is 1.23 bits per heavy atom. The molecule has 0 aliphatic rings. The van der Waals surface area contributed by atoms with Crippen molar-refractivity contribution in [3.63, 3.8) is 0 Å². The van der Waals surface area contributed by atoms with E-state index in [2.05, 4.69) is 15.5 Å². The molecule has 0 saturated carbocycles. The van der Waals surface area contributed by atoms with Crippen LogP contribution in [0.4, 0.5) is 5.82 Å². The average Bonchev–Trinajstić information content (AvgIpc) is 2.49. The molecule has 2 rings (SSSR count). The Morgan fingerprint density at radius 2 is 2.00 bits per heavy atom. The fourth-order valence-electron chi connectivity index (χ4n) is 1.88. The number of halogens is 1. The molecule has 7 heteroatoms. The van der Waals surface area contributed by atoms with Crippen molar-refractivity contribution in [1.82, 2.24) is 10.2 Å². The molecule has 0 aliphatic carbocycles. The summed E-state index contributed by atoms with van der Waals surface area (Å²) in [5.41, 5.74) is 1.14. The predicted octanol–water partition coefficient (Wildman–Crippen LogP) is 2.52. The van der Waals surface area contributed by atoms with Crippen LogP contribution in [0.25, 0.3) is 0 Å². The number of Topliss-reactive ketones (excluding diaryl/α,β-unsaturated/α-hetero) is 1. The Balaban J connectivity index is 2.14. The van der Waals surface area contributed by atoms with E-state index in [1.165, 1.54) is 20.1 Å². The van der Waals surface area contributed by atoms with Gasteiger partial charge in [-0.1, -0.05) is 11.6 Å². The van der Waals surface area contributed by atoms with Crippen molar-refractivity contribution in [3.8, 4) is 5.75 Å². The number of rotatable bonds is 5. The Hall–Kier alpha value is -2.47. The van der Waals surface area contributed by atoms with Gasteiger partial charge in [-0.25, -0.2) is 0 Å². The van der Waals surface area contributed by atoms with E-state index in [4.69, 9.17) is 16.3 Å². The molecule has 0 fully saturated rings. The van der Waals surface area contributed by atoms with Crippen LogP contribution in [0, 0.1) is 0 Å². The zero-order valence-corrected chi connectivity index (χ0v) is 12.8. The van der Waals surface area contributed by atoms with Gasteiger partial charge in [0, 0.05) is 11.1 Å². The fourth-order valence-corrected chi connectivity index (χ4v) is 1.98. The molecule has 114 valence electrons. The van der Waals surface area contributed by atoms with Crippen LogP contribution in [0.2, 0.25) is 5.15 Å². The average molecular weight is 320 g/mol. The minimum atomic E-state index is -0.296. The normalized spacial score (nSPS) is 10.1. The molecule has 22 heavy (non-hydrogen) atoms. The lowest BCUT2D eigenvalue weighted by molar-refractivity contribution is -0.115. The first-order valence-electron chi connectivity index (χ1n) is 6.46. The summed E-state index contributed by atoms with van der Waals surface area (Å²) in [5, 5.41) is 10.2. The molecule has 6 nitrogen and oxygen atoms in total. The van der Waals surface area contributed by atoms with Gasteiger partial charge in [0.2, 0.25) is 5.91 Å². The largest absolute Gasteiger partial charge is 0.496 e. The van der Waals surface area contributed by atoms with Crippen LogP contribution in [-0.4, -0.2) is 29.0 Å². The molecule has 1 aromatic carbocycles. The third-order valence-corrected chi connectivity index (χ3v) is 3.14. The summed E-state index contributed by atoms with van der Waals surface area (Å²) < 4.78 is 5.21. The topological polar surface area (TPSA) is 81.2 Å². The predicted molar refractivity (Wildman–Crippen MR) is 82.4 cm³/mol. The minimum absolute atomic E-state index is 0.0502. The molecule has 0 saturated heterocycles. The highest BCUT2D eigenvalue weighted by molar-refractivity contribution is 6.29. The number of nitrogens with zero attached hydrogens (tertiary/aromatic N) is 2. The zero-order valence-electron chi connectivity index (χ0n) is 12.1. The number of ketones is 1. The van der Waals surface area contributed by atoms with Crippen LogP contribution in [0.15, 0.2) is 30.3 Å². The second-order valence-corrected chi connectivity index (χ2v) is 4.94. The summed E-state index contributed by atoms with van der Waals surface area (Å²) >= 11 is 5.63. The van der Waals surface area contributed by atoms with Crippen molar-refractivity contribution in [1.29, 1.82) is 0 Å². The number of aromatic nitrogens is 2. The highest BCUT2D eigenvalue weighted by atomic mass is 35.5. The van der Waals surface area contributed by atoms with Crippen LogP contribution in [0.3, 0.4) is 0 Å². The Bertz CT molecular complexity index is 702. The second kappa shape index (κ2) is 7.00. The summed E-state index contributed by atoms with van der Waals surface area (Å²) in [7, 11) is 1.51. The van der Waals surface area contributed by atoms with Crippen molar-refractivity contribution >= 4 is 29.1 Å². The molecule has 1 N–H and O–H groups in total. The van der Waals surface area contributed by atoms with Crippen molar-refractivity contribution < 1.29 is 14.3 Å². The van der Waals surface area contributed by atoms with Crippen LogP contribution in [-0.2, 0) is 11.2 Å². The smallest absolute Gasteiger partial charge is 0.230 e. The number of hydrogen-bond acceptors (Lipinski definition) is 5. The van der Waals surface area contributed by atoms with Gasteiger partial charge in [0.1, 0.15) is 5.75 Å². The Morgan fingerprint density at radius 3 is 2.59 bits per heavy atom. The van der Waals surface area contributed by atoms with Crippen molar-refractivity contribution in [2.75, 3.05) is 12.4 Å². The monoisotopic (exact) mass is 319 g/mol. The molecule has 1 amide bonds. The van der Waals surface area contributed by atoms with Crippen LogP contribution in [0.5, 0.6) is 5.75 Å². The lowest BCUT2D eigenvalue weighted by Crippen LogP contribution is -2.16. The molecule has 0 bridgehead atoms. The maximum atomic E-state index is 12.1. The number of amides is 1. The molecule has 0 radical (unpaired) electrons. The minimum Gasteiger partial charge on any atom is -0.496 e. The molecular weight excluding hydrogens is 306 g/mol. The van der Waals surface area contributed by atoms with E-state index >= 15 is 0 Å². The first-order valence-corrected chi connectivity index (χ1v) is 6.84.